The Kier molecular flexibility index (Phi) is 4.00. The lowest BCUT2D eigenvalue weighted by Crippen LogP contribution is -2.48. The highest BCUT2D eigenvalue weighted by Crippen LogP contribution is 2.22. The second kappa shape index (κ2) is 5.24. The number of nitrogens with zero attached hydrogens (tertiary/aromatic N) is 2. The molecular formula is C12H21N3O3S. The molecule has 1 aromatic heterocycles. The van der Waals surface area contributed by atoms with Gasteiger partial charge in [0.05, 0.1) is 12.2 Å². The molecule has 0 aliphatic carbocycles. The lowest BCUT2D eigenvalue weighted by Gasteiger charge is -2.34. The standard InChI is InChI=1S/C12H21N3O3S/c1-9-6-15(7-10(2)18-9)19(16,17)12-4-11(5-13)14(3)8-12/h4,8-10H,5-7,13H2,1-3H3/t9-,10+. The highest BCUT2D eigenvalue weighted by atomic mass is 32.2. The summed E-state index contributed by atoms with van der Waals surface area (Å²) in [5.41, 5.74) is 6.38. The lowest BCUT2D eigenvalue weighted by molar-refractivity contribution is -0.0440. The van der Waals surface area contributed by atoms with Gasteiger partial charge in [-0.2, -0.15) is 4.31 Å². The van der Waals surface area contributed by atoms with Crippen LogP contribution in [0.2, 0.25) is 0 Å². The third-order valence-corrected chi connectivity index (χ3v) is 5.11. The van der Waals surface area contributed by atoms with Crippen molar-refractivity contribution in [2.45, 2.75) is 37.5 Å². The van der Waals surface area contributed by atoms with Crippen LogP contribution in [0.3, 0.4) is 0 Å². The summed E-state index contributed by atoms with van der Waals surface area (Å²) in [6.07, 6.45) is 1.44. The van der Waals surface area contributed by atoms with E-state index in [-0.39, 0.29) is 12.2 Å². The zero-order valence-corrected chi connectivity index (χ0v) is 12.4. The van der Waals surface area contributed by atoms with Crippen LogP contribution in [-0.4, -0.2) is 42.6 Å². The zero-order chi connectivity index (χ0) is 14.2. The van der Waals surface area contributed by atoms with Crippen molar-refractivity contribution in [3.8, 4) is 0 Å². The molecule has 2 rings (SSSR count). The number of hydrogen-bond donors (Lipinski definition) is 1. The van der Waals surface area contributed by atoms with Gasteiger partial charge in [-0.15, -0.1) is 0 Å². The Balaban J connectivity index is 2.30. The number of hydrogen-bond acceptors (Lipinski definition) is 4. The molecule has 1 saturated heterocycles. The van der Waals surface area contributed by atoms with Gasteiger partial charge in [0.25, 0.3) is 0 Å². The van der Waals surface area contributed by atoms with E-state index in [1.54, 1.807) is 23.9 Å². The summed E-state index contributed by atoms with van der Waals surface area (Å²) in [5.74, 6) is 0. The van der Waals surface area contributed by atoms with Gasteiger partial charge >= 0.3 is 0 Å². The molecule has 2 atom stereocenters. The van der Waals surface area contributed by atoms with Gasteiger partial charge in [-0.1, -0.05) is 0 Å². The molecule has 0 aromatic carbocycles. The van der Waals surface area contributed by atoms with Gasteiger partial charge in [0.1, 0.15) is 4.90 Å². The van der Waals surface area contributed by atoms with E-state index in [1.807, 2.05) is 13.8 Å². The predicted octanol–water partition coefficient (Wildman–Crippen LogP) is 0.282. The van der Waals surface area contributed by atoms with E-state index in [9.17, 15) is 8.42 Å². The second-order valence-electron chi connectivity index (χ2n) is 5.06. The molecule has 1 fully saturated rings. The molecule has 2 N–H and O–H groups in total. The molecule has 6 nitrogen and oxygen atoms in total. The summed E-state index contributed by atoms with van der Waals surface area (Å²) < 4.78 is 34.0. The van der Waals surface area contributed by atoms with Crippen LogP contribution < -0.4 is 5.73 Å². The zero-order valence-electron chi connectivity index (χ0n) is 11.5. The minimum atomic E-state index is -3.46. The normalized spacial score (nSPS) is 25.7. The highest BCUT2D eigenvalue weighted by Gasteiger charge is 2.32. The molecule has 0 radical (unpaired) electrons. The van der Waals surface area contributed by atoms with E-state index in [0.717, 1.165) is 5.69 Å². The first-order chi connectivity index (χ1) is 8.84. The van der Waals surface area contributed by atoms with Crippen molar-refractivity contribution in [1.29, 1.82) is 0 Å². The Labute approximate surface area is 114 Å². The number of rotatable bonds is 3. The summed E-state index contributed by atoms with van der Waals surface area (Å²) in [5, 5.41) is 0. The first-order valence-corrected chi connectivity index (χ1v) is 7.79. The molecule has 0 saturated carbocycles. The third-order valence-electron chi connectivity index (χ3n) is 3.32. The van der Waals surface area contributed by atoms with Gasteiger partial charge in [-0.3, -0.25) is 0 Å². The smallest absolute Gasteiger partial charge is 0.244 e. The predicted molar refractivity (Wildman–Crippen MR) is 72.1 cm³/mol. The van der Waals surface area contributed by atoms with E-state index in [4.69, 9.17) is 10.5 Å². The maximum absolute atomic E-state index is 12.6. The second-order valence-corrected chi connectivity index (χ2v) is 7.00. The molecule has 1 aliphatic rings. The van der Waals surface area contributed by atoms with Crippen LogP contribution in [0.5, 0.6) is 0 Å². The SMILES string of the molecule is C[C@@H]1CN(S(=O)(=O)c2cc(CN)n(C)c2)C[C@H](C)O1. The van der Waals surface area contributed by atoms with E-state index in [1.165, 1.54) is 4.31 Å². The van der Waals surface area contributed by atoms with Crippen LogP contribution in [0.1, 0.15) is 19.5 Å². The van der Waals surface area contributed by atoms with Crippen molar-refractivity contribution in [1.82, 2.24) is 8.87 Å². The summed E-state index contributed by atoms with van der Waals surface area (Å²) in [6.45, 7) is 4.87. The van der Waals surface area contributed by atoms with Gasteiger partial charge in [0.2, 0.25) is 10.0 Å². The maximum atomic E-state index is 12.6. The fraction of sp³-hybridized carbons (Fsp3) is 0.667. The number of aryl methyl sites for hydroxylation is 1. The Morgan fingerprint density at radius 2 is 1.95 bits per heavy atom. The molecular weight excluding hydrogens is 266 g/mol. The molecule has 7 heteroatoms. The topological polar surface area (TPSA) is 77.6 Å². The largest absolute Gasteiger partial charge is 0.373 e. The van der Waals surface area contributed by atoms with Gasteiger partial charge in [0.15, 0.2) is 0 Å². The summed E-state index contributed by atoms with van der Waals surface area (Å²) in [7, 11) is -1.67. The number of aromatic nitrogens is 1. The minimum Gasteiger partial charge on any atom is -0.373 e. The molecule has 108 valence electrons. The first kappa shape index (κ1) is 14.5. The summed E-state index contributed by atoms with van der Waals surface area (Å²) in [4.78, 5) is 0.303. The van der Waals surface area contributed by atoms with Crippen LogP contribution in [-0.2, 0) is 28.4 Å². The molecule has 19 heavy (non-hydrogen) atoms. The van der Waals surface area contributed by atoms with Crippen molar-refractivity contribution in [2.24, 2.45) is 12.8 Å². The van der Waals surface area contributed by atoms with Gasteiger partial charge in [-0.05, 0) is 19.9 Å². The van der Waals surface area contributed by atoms with Crippen LogP contribution in [0.15, 0.2) is 17.2 Å². The minimum absolute atomic E-state index is 0.0868. The van der Waals surface area contributed by atoms with Crippen LogP contribution >= 0.6 is 0 Å². The van der Waals surface area contributed by atoms with E-state index < -0.39 is 10.0 Å². The highest BCUT2D eigenvalue weighted by molar-refractivity contribution is 7.89. The monoisotopic (exact) mass is 287 g/mol. The van der Waals surface area contributed by atoms with E-state index in [2.05, 4.69) is 0 Å². The number of morpholine rings is 1. The van der Waals surface area contributed by atoms with Crippen molar-refractivity contribution in [3.63, 3.8) is 0 Å². The van der Waals surface area contributed by atoms with Crippen LogP contribution in [0.25, 0.3) is 0 Å². The average molecular weight is 287 g/mol. The molecule has 0 unspecified atom stereocenters. The van der Waals surface area contributed by atoms with Crippen molar-refractivity contribution in [3.05, 3.63) is 18.0 Å². The Bertz CT molecular complexity index is 543. The molecule has 0 bridgehead atoms. The molecule has 0 amide bonds. The van der Waals surface area contributed by atoms with Crippen molar-refractivity contribution < 1.29 is 13.2 Å². The van der Waals surface area contributed by atoms with Crippen LogP contribution in [0.4, 0.5) is 0 Å². The summed E-state index contributed by atoms with van der Waals surface area (Å²) >= 11 is 0. The maximum Gasteiger partial charge on any atom is 0.244 e. The third kappa shape index (κ3) is 2.84. The van der Waals surface area contributed by atoms with Gasteiger partial charge in [-0.25, -0.2) is 8.42 Å². The fourth-order valence-corrected chi connectivity index (χ4v) is 4.08. The number of ether oxygens (including phenoxy) is 1. The van der Waals surface area contributed by atoms with Crippen LogP contribution in [0, 0.1) is 0 Å². The first-order valence-electron chi connectivity index (χ1n) is 6.35. The summed E-state index contributed by atoms with van der Waals surface area (Å²) in [6, 6.07) is 1.64. The van der Waals surface area contributed by atoms with E-state index >= 15 is 0 Å². The Morgan fingerprint density at radius 1 is 1.37 bits per heavy atom. The number of nitrogens with two attached hydrogens (primary N) is 1. The molecule has 0 spiro atoms. The molecule has 1 aliphatic heterocycles. The van der Waals surface area contributed by atoms with Crippen molar-refractivity contribution in [2.75, 3.05) is 13.1 Å². The Hall–Kier alpha value is -0.890. The fourth-order valence-electron chi connectivity index (χ4n) is 2.40. The Morgan fingerprint density at radius 3 is 2.42 bits per heavy atom. The lowest BCUT2D eigenvalue weighted by atomic mass is 10.3. The molecule has 1 aromatic rings. The number of sulfonamides is 1. The van der Waals surface area contributed by atoms with Gasteiger partial charge < -0.3 is 15.0 Å². The quantitative estimate of drug-likeness (QED) is 0.866. The van der Waals surface area contributed by atoms with E-state index in [0.29, 0.717) is 24.5 Å². The average Bonchev–Trinajstić information content (AvgIpc) is 2.70. The van der Waals surface area contributed by atoms with Crippen molar-refractivity contribution >= 4 is 10.0 Å². The molecule has 2 heterocycles. The van der Waals surface area contributed by atoms with Gasteiger partial charge in [0, 0.05) is 38.6 Å².